The van der Waals surface area contributed by atoms with Crippen LogP contribution in [-0.4, -0.2) is 12.0 Å². The Morgan fingerprint density at radius 3 is 2.79 bits per heavy atom. The van der Waals surface area contributed by atoms with Gasteiger partial charge >= 0.3 is 0 Å². The summed E-state index contributed by atoms with van der Waals surface area (Å²) in [6.07, 6.45) is 1.77. The highest BCUT2D eigenvalue weighted by Gasteiger charge is 2.08. The maximum Gasteiger partial charge on any atom is 0.238 e. The van der Waals surface area contributed by atoms with Gasteiger partial charge < -0.3 is 10.1 Å². The Hall–Kier alpha value is -1.58. The molecule has 1 aromatic carbocycles. The fraction of sp³-hybridized carbons (Fsp3) is 0.267. The van der Waals surface area contributed by atoms with E-state index in [9.17, 15) is 0 Å². The molecule has 0 aliphatic heterocycles. The zero-order valence-corrected chi connectivity index (χ0v) is 12.1. The average Bonchev–Trinajstić information content (AvgIpc) is 2.38. The largest absolute Gasteiger partial charge is 0.437 e. The average molecular weight is 277 g/mol. The first kappa shape index (κ1) is 13.8. The fourth-order valence-corrected chi connectivity index (χ4v) is 2.01. The highest BCUT2D eigenvalue weighted by Crippen LogP contribution is 2.30. The smallest absolute Gasteiger partial charge is 0.238 e. The van der Waals surface area contributed by atoms with Crippen LogP contribution in [0.15, 0.2) is 30.5 Å². The monoisotopic (exact) mass is 276 g/mol. The van der Waals surface area contributed by atoms with Crippen LogP contribution in [0.3, 0.4) is 0 Å². The molecule has 2 rings (SSSR count). The van der Waals surface area contributed by atoms with Crippen molar-refractivity contribution in [1.29, 1.82) is 0 Å². The molecule has 0 saturated heterocycles. The van der Waals surface area contributed by atoms with E-state index in [0.29, 0.717) is 10.9 Å². The van der Waals surface area contributed by atoms with Gasteiger partial charge in [-0.2, -0.15) is 0 Å². The van der Waals surface area contributed by atoms with Gasteiger partial charge in [0.05, 0.1) is 0 Å². The molecule has 1 N–H and O–H groups in total. The summed E-state index contributed by atoms with van der Waals surface area (Å²) >= 11 is 6.19. The lowest BCUT2D eigenvalue weighted by molar-refractivity contribution is 0.458. The number of nitrogens with one attached hydrogen (secondary N) is 1. The summed E-state index contributed by atoms with van der Waals surface area (Å²) in [6.45, 7) is 4.80. The first-order chi connectivity index (χ1) is 9.11. The number of pyridine rings is 1. The van der Waals surface area contributed by atoms with Crippen molar-refractivity contribution in [1.82, 2.24) is 10.3 Å². The molecule has 0 atom stereocenters. The van der Waals surface area contributed by atoms with Crippen LogP contribution >= 0.6 is 11.6 Å². The van der Waals surface area contributed by atoms with Gasteiger partial charge in [0.15, 0.2) is 0 Å². The van der Waals surface area contributed by atoms with Crippen molar-refractivity contribution < 1.29 is 4.74 Å². The van der Waals surface area contributed by atoms with E-state index in [1.165, 1.54) is 5.56 Å². The van der Waals surface area contributed by atoms with Crippen LogP contribution in [0.2, 0.25) is 5.02 Å². The van der Waals surface area contributed by atoms with E-state index in [1.54, 1.807) is 6.20 Å². The van der Waals surface area contributed by atoms with Crippen molar-refractivity contribution in [2.24, 2.45) is 0 Å². The fourth-order valence-electron chi connectivity index (χ4n) is 1.78. The molecule has 0 unspecified atom stereocenters. The van der Waals surface area contributed by atoms with Gasteiger partial charge in [-0.05, 0) is 49.7 Å². The van der Waals surface area contributed by atoms with Gasteiger partial charge in [-0.25, -0.2) is 4.98 Å². The normalized spacial score (nSPS) is 10.5. The molecule has 4 heteroatoms. The lowest BCUT2D eigenvalue weighted by Gasteiger charge is -2.11. The molecule has 0 fully saturated rings. The molecule has 0 spiro atoms. The number of hydrogen-bond acceptors (Lipinski definition) is 3. The topological polar surface area (TPSA) is 34.2 Å². The summed E-state index contributed by atoms with van der Waals surface area (Å²) in [5, 5.41) is 3.58. The van der Waals surface area contributed by atoms with Crippen molar-refractivity contribution >= 4 is 11.6 Å². The Morgan fingerprint density at radius 2 is 2.11 bits per heavy atom. The second kappa shape index (κ2) is 6.04. The number of ether oxygens (including phenoxy) is 1. The van der Waals surface area contributed by atoms with E-state index < -0.39 is 0 Å². The number of rotatable bonds is 4. The lowest BCUT2D eigenvalue weighted by atomic mass is 10.1. The quantitative estimate of drug-likeness (QED) is 0.921. The zero-order valence-electron chi connectivity index (χ0n) is 11.3. The van der Waals surface area contributed by atoms with E-state index in [4.69, 9.17) is 16.3 Å². The highest BCUT2D eigenvalue weighted by molar-refractivity contribution is 6.31. The number of hydrogen-bond donors (Lipinski definition) is 1. The van der Waals surface area contributed by atoms with E-state index >= 15 is 0 Å². The molecule has 3 nitrogen and oxygen atoms in total. The summed E-state index contributed by atoms with van der Waals surface area (Å²) in [6, 6.07) is 7.79. The molecule has 19 heavy (non-hydrogen) atoms. The number of benzene rings is 1. The Bertz CT molecular complexity index is 584. The molecule has 0 saturated carbocycles. The molecule has 0 amide bonds. The maximum atomic E-state index is 6.19. The number of aromatic nitrogens is 1. The van der Waals surface area contributed by atoms with Gasteiger partial charge in [0.25, 0.3) is 0 Å². The van der Waals surface area contributed by atoms with Gasteiger partial charge in [0.2, 0.25) is 5.88 Å². The minimum Gasteiger partial charge on any atom is -0.437 e. The summed E-state index contributed by atoms with van der Waals surface area (Å²) in [7, 11) is 1.88. The molecule has 0 aliphatic carbocycles. The Balaban J connectivity index is 2.26. The molecule has 2 aromatic rings. The van der Waals surface area contributed by atoms with E-state index in [0.717, 1.165) is 23.4 Å². The van der Waals surface area contributed by atoms with Crippen molar-refractivity contribution in [3.8, 4) is 11.6 Å². The first-order valence-electron chi connectivity index (χ1n) is 6.15. The van der Waals surface area contributed by atoms with Crippen LogP contribution in [0, 0.1) is 13.8 Å². The summed E-state index contributed by atoms with van der Waals surface area (Å²) in [5.74, 6) is 1.23. The summed E-state index contributed by atoms with van der Waals surface area (Å²) in [5.41, 5.74) is 3.31. The second-order valence-electron chi connectivity index (χ2n) is 4.46. The van der Waals surface area contributed by atoms with Crippen molar-refractivity contribution in [3.05, 3.63) is 52.2 Å². The molecule has 1 heterocycles. The van der Waals surface area contributed by atoms with Gasteiger partial charge in [0.1, 0.15) is 10.8 Å². The molecular formula is C15H17ClN2O. The Kier molecular flexibility index (Phi) is 4.40. The molecule has 0 radical (unpaired) electrons. The first-order valence-corrected chi connectivity index (χ1v) is 6.52. The van der Waals surface area contributed by atoms with E-state index in [2.05, 4.69) is 10.3 Å². The number of halogens is 1. The molecule has 100 valence electrons. The second-order valence-corrected chi connectivity index (χ2v) is 4.87. The number of nitrogens with zero attached hydrogens (tertiary/aromatic N) is 1. The lowest BCUT2D eigenvalue weighted by Crippen LogP contribution is -2.05. The third-order valence-corrected chi connectivity index (χ3v) is 3.28. The van der Waals surface area contributed by atoms with Gasteiger partial charge in [-0.1, -0.05) is 23.7 Å². The number of aryl methyl sites for hydroxylation is 1. The van der Waals surface area contributed by atoms with Crippen molar-refractivity contribution in [2.75, 3.05) is 7.05 Å². The van der Waals surface area contributed by atoms with Crippen molar-refractivity contribution in [3.63, 3.8) is 0 Å². The maximum absolute atomic E-state index is 6.19. The predicted octanol–water partition coefficient (Wildman–Crippen LogP) is 3.86. The van der Waals surface area contributed by atoms with Gasteiger partial charge in [-0.3, -0.25) is 0 Å². The zero-order chi connectivity index (χ0) is 13.8. The molecule has 0 bridgehead atoms. The van der Waals surface area contributed by atoms with Crippen LogP contribution in [0.5, 0.6) is 11.6 Å². The minimum absolute atomic E-state index is 0.440. The highest BCUT2D eigenvalue weighted by atomic mass is 35.5. The Morgan fingerprint density at radius 1 is 1.32 bits per heavy atom. The van der Waals surface area contributed by atoms with Crippen LogP contribution in [-0.2, 0) is 6.54 Å². The van der Waals surface area contributed by atoms with Crippen LogP contribution in [0.1, 0.15) is 16.7 Å². The van der Waals surface area contributed by atoms with Crippen LogP contribution in [0.25, 0.3) is 0 Å². The minimum atomic E-state index is 0.440. The summed E-state index contributed by atoms with van der Waals surface area (Å²) in [4.78, 5) is 4.27. The van der Waals surface area contributed by atoms with E-state index in [1.807, 2.05) is 45.2 Å². The third-order valence-electron chi connectivity index (χ3n) is 3.01. The molecule has 0 aliphatic rings. The van der Waals surface area contributed by atoms with E-state index in [-0.39, 0.29) is 0 Å². The molecule has 1 aromatic heterocycles. The van der Waals surface area contributed by atoms with Crippen LogP contribution in [0.4, 0.5) is 0 Å². The Labute approximate surface area is 118 Å². The van der Waals surface area contributed by atoms with Gasteiger partial charge in [-0.15, -0.1) is 0 Å². The predicted molar refractivity (Wildman–Crippen MR) is 78.0 cm³/mol. The van der Waals surface area contributed by atoms with Crippen LogP contribution < -0.4 is 10.1 Å². The third kappa shape index (κ3) is 3.25. The molecular weight excluding hydrogens is 260 g/mol. The van der Waals surface area contributed by atoms with Gasteiger partial charge in [0, 0.05) is 12.7 Å². The summed E-state index contributed by atoms with van der Waals surface area (Å²) < 4.78 is 5.79. The SMILES string of the molecule is CNCc1cnc(Oc2cccc(C)c2C)c(Cl)c1. The van der Waals surface area contributed by atoms with Crippen molar-refractivity contribution in [2.45, 2.75) is 20.4 Å². The standard InChI is InChI=1S/C15H17ClN2O/c1-10-5-4-6-14(11(10)2)19-15-13(16)7-12(8-17-3)9-18-15/h4-7,9,17H,8H2,1-3H3.